The van der Waals surface area contributed by atoms with Gasteiger partial charge in [0.2, 0.25) is 10.0 Å². The van der Waals surface area contributed by atoms with E-state index >= 15 is 0 Å². The Morgan fingerprint density at radius 1 is 0.900 bits per heavy atom. The molecular weight excluding hydrogens is 400 g/mol. The molecule has 1 aromatic heterocycles. The lowest BCUT2D eigenvalue weighted by Gasteiger charge is -2.37. The molecule has 2 aliphatic rings. The van der Waals surface area contributed by atoms with Crippen molar-refractivity contribution in [2.75, 3.05) is 31.5 Å². The van der Waals surface area contributed by atoms with Gasteiger partial charge in [0, 0.05) is 44.3 Å². The summed E-state index contributed by atoms with van der Waals surface area (Å²) in [6.07, 6.45) is 6.22. The van der Waals surface area contributed by atoms with E-state index in [0.29, 0.717) is 44.9 Å². The van der Waals surface area contributed by atoms with Crippen LogP contribution in [0, 0.1) is 0 Å². The van der Waals surface area contributed by atoms with Gasteiger partial charge >= 0.3 is 6.03 Å². The maximum Gasteiger partial charge on any atom is 0.321 e. The first kappa shape index (κ1) is 20.8. The van der Waals surface area contributed by atoms with Crippen molar-refractivity contribution in [1.29, 1.82) is 0 Å². The molecule has 7 nitrogen and oxygen atoms in total. The van der Waals surface area contributed by atoms with Gasteiger partial charge in [-0.25, -0.2) is 17.5 Å². The van der Waals surface area contributed by atoms with Gasteiger partial charge in [-0.1, -0.05) is 18.2 Å². The van der Waals surface area contributed by atoms with Gasteiger partial charge < -0.3 is 10.2 Å². The molecule has 2 amide bonds. The van der Waals surface area contributed by atoms with E-state index in [1.54, 1.807) is 21.6 Å². The predicted molar refractivity (Wildman–Crippen MR) is 117 cm³/mol. The standard InChI is InChI=1S/C22H28N4O3S/c27-22(24-20-4-2-1-3-5-20)25-14-10-21(11-15-25)30(28,29)26-16-8-19(9-17-26)18-6-12-23-13-7-18/h1-7,12-13,19,21H,8-11,14-17H2,(H,24,27). The Morgan fingerprint density at radius 2 is 1.53 bits per heavy atom. The summed E-state index contributed by atoms with van der Waals surface area (Å²) in [5.74, 6) is 0.392. The molecule has 0 atom stereocenters. The van der Waals surface area contributed by atoms with E-state index in [2.05, 4.69) is 10.3 Å². The second-order valence-corrected chi connectivity index (χ2v) is 10.2. The van der Waals surface area contributed by atoms with Gasteiger partial charge in [0.1, 0.15) is 0 Å². The van der Waals surface area contributed by atoms with Crippen LogP contribution in [0.4, 0.5) is 10.5 Å². The van der Waals surface area contributed by atoms with Crippen LogP contribution < -0.4 is 5.32 Å². The van der Waals surface area contributed by atoms with E-state index in [-0.39, 0.29) is 6.03 Å². The molecule has 0 unspecified atom stereocenters. The number of hydrogen-bond acceptors (Lipinski definition) is 4. The molecule has 1 N–H and O–H groups in total. The number of piperidine rings is 2. The Morgan fingerprint density at radius 3 is 2.17 bits per heavy atom. The van der Waals surface area contributed by atoms with Crippen molar-refractivity contribution in [1.82, 2.24) is 14.2 Å². The zero-order chi connectivity index (χ0) is 21.0. The molecule has 0 aliphatic carbocycles. The Kier molecular flexibility index (Phi) is 6.34. The average Bonchev–Trinajstić information content (AvgIpc) is 2.80. The fourth-order valence-electron chi connectivity index (χ4n) is 4.37. The number of rotatable bonds is 4. The lowest BCUT2D eigenvalue weighted by atomic mass is 9.91. The van der Waals surface area contributed by atoms with E-state index in [1.165, 1.54) is 5.56 Å². The minimum Gasteiger partial charge on any atom is -0.324 e. The molecule has 2 aliphatic heterocycles. The maximum absolute atomic E-state index is 13.1. The first-order valence-corrected chi connectivity index (χ1v) is 12.0. The van der Waals surface area contributed by atoms with Crippen LogP contribution in [0.15, 0.2) is 54.9 Å². The zero-order valence-corrected chi connectivity index (χ0v) is 17.8. The quantitative estimate of drug-likeness (QED) is 0.810. The van der Waals surface area contributed by atoms with Crippen LogP contribution in [-0.4, -0.2) is 60.1 Å². The van der Waals surface area contributed by atoms with Crippen LogP contribution >= 0.6 is 0 Å². The van der Waals surface area contributed by atoms with Gasteiger partial charge in [0.25, 0.3) is 0 Å². The number of anilines is 1. The van der Waals surface area contributed by atoms with Gasteiger partial charge in [-0.05, 0) is 61.4 Å². The van der Waals surface area contributed by atoms with Crippen LogP contribution in [0.2, 0.25) is 0 Å². The van der Waals surface area contributed by atoms with Gasteiger partial charge in [0.05, 0.1) is 5.25 Å². The number of aromatic nitrogens is 1. The van der Waals surface area contributed by atoms with Crippen molar-refractivity contribution in [3.05, 3.63) is 60.4 Å². The zero-order valence-electron chi connectivity index (χ0n) is 17.0. The molecule has 1 aromatic carbocycles. The second kappa shape index (κ2) is 9.14. The SMILES string of the molecule is O=C(Nc1ccccc1)N1CCC(S(=O)(=O)N2CCC(c3ccncc3)CC2)CC1. The van der Waals surface area contributed by atoms with E-state index in [9.17, 15) is 13.2 Å². The van der Waals surface area contributed by atoms with E-state index in [0.717, 1.165) is 18.5 Å². The Balaban J connectivity index is 1.29. The van der Waals surface area contributed by atoms with E-state index in [4.69, 9.17) is 0 Å². The molecule has 0 spiro atoms. The number of urea groups is 1. The predicted octanol–water partition coefficient (Wildman–Crippen LogP) is 3.29. The van der Waals surface area contributed by atoms with Crippen molar-refractivity contribution in [2.45, 2.75) is 36.9 Å². The molecule has 2 aromatic rings. The highest BCUT2D eigenvalue weighted by Crippen LogP contribution is 2.31. The third-order valence-electron chi connectivity index (χ3n) is 6.17. The van der Waals surface area contributed by atoms with Gasteiger partial charge in [0.15, 0.2) is 0 Å². The van der Waals surface area contributed by atoms with Crippen molar-refractivity contribution < 1.29 is 13.2 Å². The van der Waals surface area contributed by atoms with Gasteiger partial charge in [-0.15, -0.1) is 0 Å². The van der Waals surface area contributed by atoms with Crippen LogP contribution in [-0.2, 0) is 10.0 Å². The monoisotopic (exact) mass is 428 g/mol. The van der Waals surface area contributed by atoms with Crippen molar-refractivity contribution in [3.63, 3.8) is 0 Å². The number of nitrogens with zero attached hydrogens (tertiary/aromatic N) is 3. The molecule has 160 valence electrons. The van der Waals surface area contributed by atoms with Gasteiger partial charge in [-0.2, -0.15) is 0 Å². The third kappa shape index (κ3) is 4.65. The molecule has 0 bridgehead atoms. The van der Waals surface area contributed by atoms with E-state index in [1.807, 2.05) is 42.5 Å². The highest BCUT2D eigenvalue weighted by atomic mass is 32.2. The summed E-state index contributed by atoms with van der Waals surface area (Å²) in [5.41, 5.74) is 1.98. The number of sulfonamides is 1. The molecule has 2 saturated heterocycles. The smallest absolute Gasteiger partial charge is 0.321 e. The largest absolute Gasteiger partial charge is 0.324 e. The number of para-hydroxylation sites is 1. The minimum absolute atomic E-state index is 0.171. The van der Waals surface area contributed by atoms with Crippen LogP contribution in [0.3, 0.4) is 0 Å². The fourth-order valence-corrected chi connectivity index (χ4v) is 6.32. The highest BCUT2D eigenvalue weighted by Gasteiger charge is 2.37. The normalized spacial score (nSPS) is 19.5. The third-order valence-corrected chi connectivity index (χ3v) is 8.57. The van der Waals surface area contributed by atoms with Crippen LogP contribution in [0.1, 0.15) is 37.2 Å². The summed E-state index contributed by atoms with van der Waals surface area (Å²) >= 11 is 0. The molecule has 4 rings (SSSR count). The van der Waals surface area contributed by atoms with Crippen molar-refractivity contribution in [3.8, 4) is 0 Å². The van der Waals surface area contributed by atoms with Crippen molar-refractivity contribution >= 4 is 21.7 Å². The number of carbonyl (C=O) groups is 1. The first-order valence-electron chi connectivity index (χ1n) is 10.5. The molecule has 0 radical (unpaired) electrons. The summed E-state index contributed by atoms with van der Waals surface area (Å²) in [6, 6.07) is 13.2. The number of carbonyl (C=O) groups excluding carboxylic acids is 1. The van der Waals surface area contributed by atoms with Crippen LogP contribution in [0.5, 0.6) is 0 Å². The summed E-state index contributed by atoms with van der Waals surface area (Å²) < 4.78 is 28.0. The second-order valence-electron chi connectivity index (χ2n) is 7.98. The average molecular weight is 429 g/mol. The summed E-state index contributed by atoms with van der Waals surface area (Å²) in [5, 5.41) is 2.46. The van der Waals surface area contributed by atoms with Gasteiger partial charge in [-0.3, -0.25) is 4.98 Å². The number of likely N-dealkylation sites (tertiary alicyclic amines) is 1. The molecule has 0 saturated carbocycles. The molecule has 3 heterocycles. The Bertz CT molecular complexity index is 937. The first-order chi connectivity index (χ1) is 14.5. The lowest BCUT2D eigenvalue weighted by molar-refractivity contribution is 0.199. The van der Waals surface area contributed by atoms with E-state index < -0.39 is 15.3 Å². The lowest BCUT2D eigenvalue weighted by Crippen LogP contribution is -2.49. The summed E-state index contributed by atoms with van der Waals surface area (Å²) in [4.78, 5) is 18.2. The minimum atomic E-state index is -3.34. The number of amides is 2. The topological polar surface area (TPSA) is 82.6 Å². The Hall–Kier alpha value is -2.45. The highest BCUT2D eigenvalue weighted by molar-refractivity contribution is 7.89. The molecule has 2 fully saturated rings. The molecule has 30 heavy (non-hydrogen) atoms. The Labute approximate surface area is 178 Å². The fraction of sp³-hybridized carbons (Fsp3) is 0.455. The molecular formula is C22H28N4O3S. The summed E-state index contributed by atoms with van der Waals surface area (Å²) in [6.45, 7) is 2.03. The number of pyridine rings is 1. The number of benzene rings is 1. The maximum atomic E-state index is 13.1. The number of nitrogens with one attached hydrogen (secondary N) is 1. The van der Waals surface area contributed by atoms with Crippen LogP contribution in [0.25, 0.3) is 0 Å². The number of hydrogen-bond donors (Lipinski definition) is 1. The summed E-state index contributed by atoms with van der Waals surface area (Å²) in [7, 11) is -3.34. The van der Waals surface area contributed by atoms with Crippen molar-refractivity contribution in [2.24, 2.45) is 0 Å². The molecule has 8 heteroatoms.